The van der Waals surface area contributed by atoms with Gasteiger partial charge < -0.3 is 20.9 Å². The van der Waals surface area contributed by atoms with Crippen LogP contribution in [0.3, 0.4) is 0 Å². The van der Waals surface area contributed by atoms with Crippen molar-refractivity contribution in [1.82, 2.24) is 0 Å². The number of rotatable bonds is 4. The summed E-state index contributed by atoms with van der Waals surface area (Å²) in [4.78, 5) is 23.1. The van der Waals surface area contributed by atoms with E-state index in [1.54, 1.807) is 12.1 Å². The summed E-state index contributed by atoms with van der Waals surface area (Å²) in [5, 5.41) is 0. The molecule has 3 rings (SSSR count). The lowest BCUT2D eigenvalue weighted by Crippen LogP contribution is -2.37. The van der Waals surface area contributed by atoms with E-state index in [0.717, 1.165) is 11.1 Å². The predicted molar refractivity (Wildman–Crippen MR) is 82.7 cm³/mol. The first-order valence-electron chi connectivity index (χ1n) is 7.16. The summed E-state index contributed by atoms with van der Waals surface area (Å²) in [6.45, 7) is 0. The first kappa shape index (κ1) is 15.1. The lowest BCUT2D eigenvalue weighted by atomic mass is 9.97. The third kappa shape index (κ3) is 3.02. The smallest absolute Gasteiger partial charge is 0.324 e. The van der Waals surface area contributed by atoms with Gasteiger partial charge in [-0.2, -0.15) is 0 Å². The van der Waals surface area contributed by atoms with Gasteiger partial charge in [0.1, 0.15) is 17.5 Å². The van der Waals surface area contributed by atoms with Crippen molar-refractivity contribution in [2.45, 2.75) is 18.6 Å². The van der Waals surface area contributed by atoms with Gasteiger partial charge in [-0.15, -0.1) is 0 Å². The van der Waals surface area contributed by atoms with Crippen LogP contribution in [0.15, 0.2) is 48.5 Å². The summed E-state index contributed by atoms with van der Waals surface area (Å²) in [5.74, 6) is -0.0949. The molecule has 2 aromatic carbocycles. The number of ether oxygens (including phenoxy) is 2. The second-order valence-corrected chi connectivity index (χ2v) is 5.27. The first-order valence-corrected chi connectivity index (χ1v) is 7.16. The van der Waals surface area contributed by atoms with E-state index in [4.69, 9.17) is 20.9 Å². The molecule has 0 saturated heterocycles. The summed E-state index contributed by atoms with van der Waals surface area (Å²) < 4.78 is 11.4. The average molecular weight is 312 g/mol. The van der Waals surface area contributed by atoms with Crippen molar-refractivity contribution in [3.8, 4) is 11.5 Å². The highest BCUT2D eigenvalue weighted by Gasteiger charge is 2.31. The number of carbonyl (C=O) groups excluding carboxylic acids is 2. The summed E-state index contributed by atoms with van der Waals surface area (Å²) >= 11 is 0. The molecule has 0 bridgehead atoms. The van der Waals surface area contributed by atoms with Gasteiger partial charge in [-0.25, -0.2) is 0 Å². The highest BCUT2D eigenvalue weighted by atomic mass is 16.6. The number of hydrogen-bond acceptors (Lipinski definition) is 5. The Morgan fingerprint density at radius 1 is 1.04 bits per heavy atom. The summed E-state index contributed by atoms with van der Waals surface area (Å²) in [7, 11) is 0. The molecule has 1 heterocycles. The Morgan fingerprint density at radius 3 is 2.09 bits per heavy atom. The zero-order valence-corrected chi connectivity index (χ0v) is 12.3. The van der Waals surface area contributed by atoms with E-state index in [-0.39, 0.29) is 6.42 Å². The fourth-order valence-electron chi connectivity index (χ4n) is 2.50. The zero-order chi connectivity index (χ0) is 16.4. The van der Waals surface area contributed by atoms with Crippen molar-refractivity contribution in [3.63, 3.8) is 0 Å². The van der Waals surface area contributed by atoms with Gasteiger partial charge in [-0.05, 0) is 12.1 Å². The standard InChI is InChI=1S/C17H16N2O4/c18-12(9-15(19)20)17(21)23-16-10-5-1-3-7-13(10)22-14-8-4-2-6-11(14)16/h1-8,12,16H,9,18H2,(H2,19,20)/t12-/m0/s1. The minimum absolute atomic E-state index is 0.259. The van der Waals surface area contributed by atoms with Crippen molar-refractivity contribution in [2.75, 3.05) is 0 Å². The van der Waals surface area contributed by atoms with Crippen LogP contribution in [0, 0.1) is 0 Å². The number of primary amides is 1. The molecule has 0 saturated carbocycles. The molecule has 118 valence electrons. The third-order valence-electron chi connectivity index (χ3n) is 3.58. The van der Waals surface area contributed by atoms with Gasteiger partial charge in [-0.1, -0.05) is 36.4 Å². The van der Waals surface area contributed by atoms with Gasteiger partial charge in [0.2, 0.25) is 5.91 Å². The summed E-state index contributed by atoms with van der Waals surface area (Å²) in [6, 6.07) is 13.5. The number of amides is 1. The number of benzene rings is 2. The van der Waals surface area contributed by atoms with E-state index in [0.29, 0.717) is 11.5 Å². The number of nitrogens with two attached hydrogens (primary N) is 2. The third-order valence-corrected chi connectivity index (χ3v) is 3.58. The monoisotopic (exact) mass is 312 g/mol. The highest BCUT2D eigenvalue weighted by Crippen LogP contribution is 2.44. The predicted octanol–water partition coefficient (Wildman–Crippen LogP) is 1.63. The second-order valence-electron chi connectivity index (χ2n) is 5.27. The Hall–Kier alpha value is -2.86. The van der Waals surface area contributed by atoms with Crippen molar-refractivity contribution in [3.05, 3.63) is 59.7 Å². The molecule has 0 aromatic heterocycles. The largest absolute Gasteiger partial charge is 0.456 e. The molecule has 0 unspecified atom stereocenters. The number of fused-ring (bicyclic) bond motifs is 2. The molecular weight excluding hydrogens is 296 g/mol. The maximum Gasteiger partial charge on any atom is 0.324 e. The van der Waals surface area contributed by atoms with Gasteiger partial charge >= 0.3 is 5.97 Å². The zero-order valence-electron chi connectivity index (χ0n) is 12.3. The van der Waals surface area contributed by atoms with Crippen molar-refractivity contribution >= 4 is 11.9 Å². The Kier molecular flexibility index (Phi) is 3.99. The number of hydrogen-bond donors (Lipinski definition) is 2. The van der Waals surface area contributed by atoms with Gasteiger partial charge in [0.25, 0.3) is 0 Å². The van der Waals surface area contributed by atoms with Crippen molar-refractivity contribution in [1.29, 1.82) is 0 Å². The van der Waals surface area contributed by atoms with Gasteiger partial charge in [0.05, 0.1) is 6.42 Å². The van der Waals surface area contributed by atoms with E-state index in [9.17, 15) is 9.59 Å². The normalized spacial score (nSPS) is 14.1. The number of carbonyl (C=O) groups is 2. The minimum Gasteiger partial charge on any atom is -0.456 e. The van der Waals surface area contributed by atoms with Crippen LogP contribution in [0.25, 0.3) is 0 Å². The minimum atomic E-state index is -1.09. The molecule has 1 aliphatic heterocycles. The van der Waals surface area contributed by atoms with Crippen LogP contribution in [0.2, 0.25) is 0 Å². The fourth-order valence-corrected chi connectivity index (χ4v) is 2.50. The fraction of sp³-hybridized carbons (Fsp3) is 0.176. The first-order chi connectivity index (χ1) is 11.1. The highest BCUT2D eigenvalue weighted by molar-refractivity contribution is 5.84. The Labute approximate surface area is 133 Å². The summed E-state index contributed by atoms with van der Waals surface area (Å²) in [6.07, 6.45) is -0.895. The second kappa shape index (κ2) is 6.10. The van der Waals surface area contributed by atoms with E-state index >= 15 is 0 Å². The molecule has 2 aromatic rings. The van der Waals surface area contributed by atoms with Crippen LogP contribution in [0.1, 0.15) is 23.7 Å². The van der Waals surface area contributed by atoms with Crippen LogP contribution < -0.4 is 16.2 Å². The molecule has 0 aliphatic carbocycles. The molecule has 1 amide bonds. The van der Waals surface area contributed by atoms with E-state index < -0.39 is 24.0 Å². The number of esters is 1. The van der Waals surface area contributed by atoms with Crippen LogP contribution in [-0.4, -0.2) is 17.9 Å². The van der Waals surface area contributed by atoms with Crippen LogP contribution in [0.5, 0.6) is 11.5 Å². The molecule has 0 fully saturated rings. The lowest BCUT2D eigenvalue weighted by molar-refractivity contribution is -0.150. The van der Waals surface area contributed by atoms with E-state index in [1.165, 1.54) is 0 Å². The van der Waals surface area contributed by atoms with Gasteiger partial charge in [0, 0.05) is 11.1 Å². The SMILES string of the molecule is NC(=O)C[C@H](N)C(=O)OC1c2ccccc2Oc2ccccc21. The van der Waals surface area contributed by atoms with E-state index in [1.807, 2.05) is 36.4 Å². The van der Waals surface area contributed by atoms with Crippen LogP contribution in [-0.2, 0) is 14.3 Å². The molecule has 4 N–H and O–H groups in total. The topological polar surface area (TPSA) is 105 Å². The van der Waals surface area contributed by atoms with Crippen LogP contribution in [0.4, 0.5) is 0 Å². The molecule has 1 atom stereocenters. The van der Waals surface area contributed by atoms with Crippen molar-refractivity contribution in [2.24, 2.45) is 11.5 Å². The van der Waals surface area contributed by atoms with Crippen molar-refractivity contribution < 1.29 is 19.1 Å². The molecule has 23 heavy (non-hydrogen) atoms. The van der Waals surface area contributed by atoms with Gasteiger partial charge in [-0.3, -0.25) is 9.59 Å². The molecule has 1 aliphatic rings. The average Bonchev–Trinajstić information content (AvgIpc) is 2.53. The molecule has 6 heteroatoms. The Morgan fingerprint density at radius 2 is 1.57 bits per heavy atom. The molecule has 0 radical (unpaired) electrons. The molecule has 0 spiro atoms. The molecule has 6 nitrogen and oxygen atoms in total. The van der Waals surface area contributed by atoms with Gasteiger partial charge in [0.15, 0.2) is 6.10 Å². The molecular formula is C17H16N2O4. The van der Waals surface area contributed by atoms with E-state index in [2.05, 4.69) is 0 Å². The Bertz CT molecular complexity index is 714. The lowest BCUT2D eigenvalue weighted by Gasteiger charge is -2.28. The quantitative estimate of drug-likeness (QED) is 0.835. The van der Waals surface area contributed by atoms with Crippen LogP contribution >= 0.6 is 0 Å². The summed E-state index contributed by atoms with van der Waals surface area (Å²) in [5.41, 5.74) is 12.2. The maximum absolute atomic E-state index is 12.2. The Balaban J connectivity index is 1.92. The number of para-hydroxylation sites is 2. The maximum atomic E-state index is 12.2.